The van der Waals surface area contributed by atoms with Crippen molar-refractivity contribution < 1.29 is 4.79 Å². The Morgan fingerprint density at radius 2 is 2.29 bits per heavy atom. The minimum absolute atomic E-state index is 0.121. The second kappa shape index (κ2) is 6.03. The summed E-state index contributed by atoms with van der Waals surface area (Å²) in [7, 11) is 1.66. The van der Waals surface area contributed by atoms with Crippen LogP contribution in [-0.4, -0.2) is 28.5 Å². The molecule has 0 unspecified atom stereocenters. The topological polar surface area (TPSA) is 42.3 Å². The average molecular weight is 234 g/mol. The van der Waals surface area contributed by atoms with E-state index in [2.05, 4.69) is 6.58 Å². The van der Waals surface area contributed by atoms with Gasteiger partial charge in [0.05, 0.1) is 0 Å². The van der Waals surface area contributed by atoms with Crippen molar-refractivity contribution >= 4 is 5.91 Å². The first-order valence-corrected chi connectivity index (χ1v) is 5.67. The van der Waals surface area contributed by atoms with Crippen molar-refractivity contribution in [2.24, 2.45) is 7.05 Å². The molecule has 0 saturated carbocycles. The molecule has 0 atom stereocenters. The third-order valence-electron chi connectivity index (χ3n) is 2.48. The third-order valence-corrected chi connectivity index (χ3v) is 2.48. The van der Waals surface area contributed by atoms with Crippen molar-refractivity contribution in [1.82, 2.24) is 9.47 Å². The summed E-state index contributed by atoms with van der Waals surface area (Å²) in [6, 6.07) is 3.03. The van der Waals surface area contributed by atoms with Crippen LogP contribution in [0.2, 0.25) is 0 Å². The van der Waals surface area contributed by atoms with Gasteiger partial charge < -0.3 is 9.47 Å². The van der Waals surface area contributed by atoms with Crippen LogP contribution in [0.3, 0.4) is 0 Å². The highest BCUT2D eigenvalue weighted by Gasteiger charge is 2.14. The monoisotopic (exact) mass is 234 g/mol. The molecule has 0 aromatic carbocycles. The fourth-order valence-electron chi connectivity index (χ4n) is 1.57. The number of amides is 1. The number of nitrogens with zero attached hydrogens (tertiary/aromatic N) is 2. The van der Waals surface area contributed by atoms with Gasteiger partial charge in [-0.05, 0) is 12.5 Å². The molecule has 1 aromatic rings. The number of pyridine rings is 1. The number of aryl methyl sites for hydroxylation is 1. The Hall–Kier alpha value is -1.84. The Balaban J connectivity index is 2.96. The number of hydrogen-bond donors (Lipinski definition) is 0. The second-order valence-electron chi connectivity index (χ2n) is 3.90. The molecule has 0 radical (unpaired) electrons. The quantitative estimate of drug-likeness (QED) is 0.723. The lowest BCUT2D eigenvalue weighted by Gasteiger charge is -2.20. The molecular weight excluding hydrogens is 216 g/mol. The fraction of sp³-hybridized carbons (Fsp3) is 0.385. The molecule has 0 saturated heterocycles. The zero-order chi connectivity index (χ0) is 12.8. The van der Waals surface area contributed by atoms with Gasteiger partial charge in [0.1, 0.15) is 0 Å². The number of hydrogen-bond acceptors (Lipinski definition) is 2. The van der Waals surface area contributed by atoms with E-state index in [1.807, 2.05) is 6.92 Å². The van der Waals surface area contributed by atoms with Crippen LogP contribution < -0.4 is 5.56 Å². The van der Waals surface area contributed by atoms with E-state index in [1.54, 1.807) is 30.3 Å². The van der Waals surface area contributed by atoms with Crippen molar-refractivity contribution in [1.29, 1.82) is 0 Å². The number of carbonyl (C=O) groups excluding carboxylic acids is 1. The van der Waals surface area contributed by atoms with E-state index in [1.165, 1.54) is 10.6 Å². The third kappa shape index (κ3) is 3.31. The van der Waals surface area contributed by atoms with Crippen molar-refractivity contribution in [3.63, 3.8) is 0 Å². The van der Waals surface area contributed by atoms with E-state index in [0.29, 0.717) is 18.7 Å². The maximum atomic E-state index is 12.1. The molecule has 1 amide bonds. The van der Waals surface area contributed by atoms with Crippen LogP contribution in [0.1, 0.15) is 23.7 Å². The van der Waals surface area contributed by atoms with Gasteiger partial charge in [-0.2, -0.15) is 0 Å². The van der Waals surface area contributed by atoms with Crippen molar-refractivity contribution in [2.45, 2.75) is 13.3 Å². The molecular formula is C13H18N2O2. The maximum absolute atomic E-state index is 12.1. The molecule has 1 heterocycles. The smallest absolute Gasteiger partial charge is 0.254 e. The minimum atomic E-state index is -0.175. The molecule has 0 aliphatic carbocycles. The predicted octanol–water partition coefficient (Wildman–Crippen LogP) is 1.42. The number of rotatable bonds is 5. The summed E-state index contributed by atoms with van der Waals surface area (Å²) in [6.45, 7) is 6.81. The lowest BCUT2D eigenvalue weighted by Crippen LogP contribution is -2.33. The molecule has 1 rings (SSSR count). The molecule has 4 heteroatoms. The SMILES string of the molecule is C=CCN(CCC)C(=O)c1ccn(C)c(=O)c1. The van der Waals surface area contributed by atoms with Crippen molar-refractivity contribution in [3.05, 3.63) is 46.9 Å². The normalized spacial score (nSPS) is 10.0. The number of carbonyl (C=O) groups is 1. The summed E-state index contributed by atoms with van der Waals surface area (Å²) in [5.74, 6) is -0.121. The largest absolute Gasteiger partial charge is 0.335 e. The molecule has 0 spiro atoms. The van der Waals surface area contributed by atoms with Crippen LogP contribution in [0.5, 0.6) is 0 Å². The summed E-state index contributed by atoms with van der Waals surface area (Å²) in [5, 5.41) is 0. The van der Waals surface area contributed by atoms with E-state index in [-0.39, 0.29) is 11.5 Å². The summed E-state index contributed by atoms with van der Waals surface area (Å²) < 4.78 is 1.44. The molecule has 0 fully saturated rings. The Morgan fingerprint density at radius 1 is 1.59 bits per heavy atom. The average Bonchev–Trinajstić information content (AvgIpc) is 2.31. The zero-order valence-electron chi connectivity index (χ0n) is 10.3. The van der Waals surface area contributed by atoms with Crippen molar-refractivity contribution in [2.75, 3.05) is 13.1 Å². The van der Waals surface area contributed by atoms with Gasteiger partial charge in [-0.25, -0.2) is 0 Å². The highest BCUT2D eigenvalue weighted by Crippen LogP contribution is 2.03. The molecule has 0 N–H and O–H groups in total. The van der Waals surface area contributed by atoms with Gasteiger partial charge in [-0.3, -0.25) is 9.59 Å². The fourth-order valence-corrected chi connectivity index (χ4v) is 1.57. The summed E-state index contributed by atoms with van der Waals surface area (Å²) >= 11 is 0. The molecule has 0 aliphatic rings. The highest BCUT2D eigenvalue weighted by molar-refractivity contribution is 5.94. The van der Waals surface area contributed by atoms with E-state index in [0.717, 1.165) is 6.42 Å². The highest BCUT2D eigenvalue weighted by atomic mass is 16.2. The van der Waals surface area contributed by atoms with Gasteiger partial charge in [-0.15, -0.1) is 6.58 Å². The standard InChI is InChI=1S/C13H18N2O2/c1-4-7-15(8-5-2)13(17)11-6-9-14(3)12(16)10-11/h4,6,9-10H,1,5,7-8H2,2-3H3. The van der Waals surface area contributed by atoms with Crippen LogP contribution in [0.25, 0.3) is 0 Å². The predicted molar refractivity (Wildman–Crippen MR) is 68.1 cm³/mol. The summed E-state index contributed by atoms with van der Waals surface area (Å²) in [6.07, 6.45) is 4.17. The molecule has 4 nitrogen and oxygen atoms in total. The van der Waals surface area contributed by atoms with E-state index in [4.69, 9.17) is 0 Å². The van der Waals surface area contributed by atoms with Gasteiger partial charge in [0, 0.05) is 38.0 Å². The van der Waals surface area contributed by atoms with Crippen LogP contribution >= 0.6 is 0 Å². The van der Waals surface area contributed by atoms with Crippen LogP contribution in [0, 0.1) is 0 Å². The van der Waals surface area contributed by atoms with Crippen molar-refractivity contribution in [3.8, 4) is 0 Å². The first kappa shape index (κ1) is 13.2. The first-order valence-electron chi connectivity index (χ1n) is 5.67. The maximum Gasteiger partial charge on any atom is 0.254 e. The van der Waals surface area contributed by atoms with Gasteiger partial charge in [0.2, 0.25) is 0 Å². The minimum Gasteiger partial charge on any atom is -0.335 e. The van der Waals surface area contributed by atoms with E-state index in [9.17, 15) is 9.59 Å². The molecule has 0 aliphatic heterocycles. The first-order chi connectivity index (χ1) is 8.10. The number of aromatic nitrogens is 1. The lowest BCUT2D eigenvalue weighted by atomic mass is 10.2. The lowest BCUT2D eigenvalue weighted by molar-refractivity contribution is 0.0773. The van der Waals surface area contributed by atoms with Crippen LogP contribution in [0.15, 0.2) is 35.8 Å². The molecule has 0 bridgehead atoms. The second-order valence-corrected chi connectivity index (χ2v) is 3.90. The Morgan fingerprint density at radius 3 is 2.82 bits per heavy atom. The summed E-state index contributed by atoms with van der Waals surface area (Å²) in [4.78, 5) is 25.3. The zero-order valence-corrected chi connectivity index (χ0v) is 10.3. The molecule has 92 valence electrons. The van der Waals surface area contributed by atoms with E-state index < -0.39 is 0 Å². The molecule has 1 aromatic heterocycles. The Labute approximate surface area is 101 Å². The molecule has 17 heavy (non-hydrogen) atoms. The van der Waals surface area contributed by atoms with Gasteiger partial charge in [0.15, 0.2) is 0 Å². The Kier molecular flexibility index (Phi) is 4.69. The van der Waals surface area contributed by atoms with Gasteiger partial charge >= 0.3 is 0 Å². The van der Waals surface area contributed by atoms with Gasteiger partial charge in [0.25, 0.3) is 11.5 Å². The van der Waals surface area contributed by atoms with Crippen LogP contribution in [0.4, 0.5) is 0 Å². The Bertz CT molecular complexity index is 463. The van der Waals surface area contributed by atoms with Crippen LogP contribution in [-0.2, 0) is 7.05 Å². The van der Waals surface area contributed by atoms with Gasteiger partial charge in [-0.1, -0.05) is 13.0 Å². The summed E-state index contributed by atoms with van der Waals surface area (Å²) in [5.41, 5.74) is 0.259. The van der Waals surface area contributed by atoms with E-state index >= 15 is 0 Å².